The molecule has 1 nitrogen and oxygen atoms in total. The van der Waals surface area contributed by atoms with E-state index in [0.29, 0.717) is 17.0 Å². The van der Waals surface area contributed by atoms with Crippen LogP contribution in [0.5, 0.6) is 0 Å². The predicted octanol–water partition coefficient (Wildman–Crippen LogP) is 3.90. The van der Waals surface area contributed by atoms with Gasteiger partial charge in [-0.25, -0.2) is 4.39 Å². The molecule has 0 radical (unpaired) electrons. The van der Waals surface area contributed by atoms with E-state index in [1.807, 2.05) is 6.07 Å². The van der Waals surface area contributed by atoms with Crippen molar-refractivity contribution in [1.82, 2.24) is 5.32 Å². The Balaban J connectivity index is 1.89. The average Bonchev–Trinajstić information content (AvgIpc) is 3.22. The van der Waals surface area contributed by atoms with Crippen LogP contribution >= 0.6 is 11.6 Å². The third-order valence-electron chi connectivity index (χ3n) is 4.47. The van der Waals surface area contributed by atoms with Gasteiger partial charge in [-0.05, 0) is 37.3 Å². The molecule has 2 aliphatic rings. The van der Waals surface area contributed by atoms with Gasteiger partial charge in [0.05, 0.1) is 0 Å². The molecular formula is C15H19ClFN. The third kappa shape index (κ3) is 2.06. The zero-order chi connectivity index (χ0) is 12.8. The van der Waals surface area contributed by atoms with Crippen molar-refractivity contribution in [2.24, 2.45) is 5.92 Å². The molecule has 0 bridgehead atoms. The zero-order valence-corrected chi connectivity index (χ0v) is 11.4. The Labute approximate surface area is 113 Å². The number of halogens is 2. The molecule has 1 N–H and O–H groups in total. The van der Waals surface area contributed by atoms with Crippen molar-refractivity contribution < 1.29 is 4.39 Å². The highest BCUT2D eigenvalue weighted by atomic mass is 35.5. The topological polar surface area (TPSA) is 12.0 Å². The molecule has 2 atom stereocenters. The molecule has 1 aromatic carbocycles. The van der Waals surface area contributed by atoms with Crippen molar-refractivity contribution in [2.75, 3.05) is 6.54 Å². The van der Waals surface area contributed by atoms with Crippen molar-refractivity contribution in [1.29, 1.82) is 0 Å². The van der Waals surface area contributed by atoms with Gasteiger partial charge in [0.25, 0.3) is 0 Å². The number of benzene rings is 1. The highest BCUT2D eigenvalue weighted by molar-refractivity contribution is 6.31. The highest BCUT2D eigenvalue weighted by Crippen LogP contribution is 2.58. The van der Waals surface area contributed by atoms with Crippen LogP contribution in [0.1, 0.15) is 38.2 Å². The Morgan fingerprint density at radius 1 is 1.44 bits per heavy atom. The monoisotopic (exact) mass is 267 g/mol. The minimum atomic E-state index is -0.143. The van der Waals surface area contributed by atoms with Crippen LogP contribution in [-0.4, -0.2) is 12.6 Å². The normalized spacial score (nSPS) is 30.5. The van der Waals surface area contributed by atoms with Gasteiger partial charge in [-0.1, -0.05) is 31.0 Å². The quantitative estimate of drug-likeness (QED) is 0.853. The second-order valence-electron chi connectivity index (χ2n) is 5.72. The molecule has 98 valence electrons. The van der Waals surface area contributed by atoms with Crippen LogP contribution in [0.2, 0.25) is 5.02 Å². The van der Waals surface area contributed by atoms with Gasteiger partial charge in [0.15, 0.2) is 0 Å². The Hall–Kier alpha value is -0.600. The first kappa shape index (κ1) is 12.4. The molecule has 0 aromatic heterocycles. The summed E-state index contributed by atoms with van der Waals surface area (Å²) in [5, 5.41) is 4.14. The molecule has 2 fully saturated rings. The fourth-order valence-corrected chi connectivity index (χ4v) is 3.47. The summed E-state index contributed by atoms with van der Waals surface area (Å²) in [7, 11) is 0. The number of nitrogens with one attached hydrogen (secondary N) is 1. The van der Waals surface area contributed by atoms with Crippen LogP contribution in [0.25, 0.3) is 0 Å². The van der Waals surface area contributed by atoms with Gasteiger partial charge in [0.2, 0.25) is 0 Å². The SMILES string of the molecule is CCC1CC1(CNC1CC1)c1c(F)cccc1Cl. The lowest BCUT2D eigenvalue weighted by Gasteiger charge is -2.21. The summed E-state index contributed by atoms with van der Waals surface area (Å²) in [5.41, 5.74) is 0.686. The van der Waals surface area contributed by atoms with Crippen LogP contribution in [-0.2, 0) is 5.41 Å². The molecule has 2 saturated carbocycles. The first-order valence-corrected chi connectivity index (χ1v) is 7.23. The predicted molar refractivity (Wildman–Crippen MR) is 72.5 cm³/mol. The van der Waals surface area contributed by atoms with Crippen molar-refractivity contribution in [3.63, 3.8) is 0 Å². The molecule has 0 aliphatic heterocycles. The summed E-state index contributed by atoms with van der Waals surface area (Å²) >= 11 is 6.24. The molecule has 2 unspecified atom stereocenters. The van der Waals surface area contributed by atoms with Gasteiger partial charge in [-0.15, -0.1) is 0 Å². The number of hydrogen-bond donors (Lipinski definition) is 1. The summed E-state index contributed by atoms with van der Waals surface area (Å²) in [4.78, 5) is 0. The van der Waals surface area contributed by atoms with Crippen molar-refractivity contribution in [2.45, 2.75) is 44.1 Å². The second-order valence-corrected chi connectivity index (χ2v) is 6.12. The molecule has 0 amide bonds. The summed E-state index contributed by atoms with van der Waals surface area (Å²) in [6.07, 6.45) is 4.68. The van der Waals surface area contributed by atoms with Crippen molar-refractivity contribution in [3.8, 4) is 0 Å². The van der Waals surface area contributed by atoms with Gasteiger partial charge in [0.1, 0.15) is 5.82 Å². The van der Waals surface area contributed by atoms with E-state index < -0.39 is 0 Å². The van der Waals surface area contributed by atoms with Crippen LogP contribution < -0.4 is 5.32 Å². The Morgan fingerprint density at radius 2 is 2.22 bits per heavy atom. The maximum Gasteiger partial charge on any atom is 0.128 e. The lowest BCUT2D eigenvalue weighted by atomic mass is 9.91. The maximum atomic E-state index is 14.1. The van der Waals surface area contributed by atoms with E-state index in [0.717, 1.165) is 24.9 Å². The summed E-state index contributed by atoms with van der Waals surface area (Å²) in [6.45, 7) is 3.05. The smallest absolute Gasteiger partial charge is 0.128 e. The van der Waals surface area contributed by atoms with Crippen LogP contribution in [0.15, 0.2) is 18.2 Å². The molecule has 3 heteroatoms. The van der Waals surface area contributed by atoms with Crippen LogP contribution in [0, 0.1) is 11.7 Å². The van der Waals surface area contributed by atoms with Gasteiger partial charge in [0, 0.05) is 28.6 Å². The van der Waals surface area contributed by atoms with E-state index in [1.165, 1.54) is 18.9 Å². The third-order valence-corrected chi connectivity index (χ3v) is 4.78. The first-order chi connectivity index (χ1) is 8.67. The minimum Gasteiger partial charge on any atom is -0.313 e. The Morgan fingerprint density at radius 3 is 2.78 bits per heavy atom. The van der Waals surface area contributed by atoms with Crippen LogP contribution in [0.3, 0.4) is 0 Å². The second kappa shape index (κ2) is 4.50. The van der Waals surface area contributed by atoms with E-state index in [9.17, 15) is 4.39 Å². The van der Waals surface area contributed by atoms with Gasteiger partial charge in [-0.3, -0.25) is 0 Å². The lowest BCUT2D eigenvalue weighted by Crippen LogP contribution is -2.31. The minimum absolute atomic E-state index is 0.0558. The highest BCUT2D eigenvalue weighted by Gasteiger charge is 2.56. The molecule has 3 rings (SSSR count). The Kier molecular flexibility index (Phi) is 3.11. The van der Waals surface area contributed by atoms with Gasteiger partial charge < -0.3 is 5.32 Å². The number of rotatable bonds is 5. The summed E-state index contributed by atoms with van der Waals surface area (Å²) < 4.78 is 14.1. The molecule has 2 aliphatic carbocycles. The van der Waals surface area contributed by atoms with E-state index in [-0.39, 0.29) is 11.2 Å². The lowest BCUT2D eigenvalue weighted by molar-refractivity contribution is 0.492. The molecule has 1 aromatic rings. The largest absolute Gasteiger partial charge is 0.313 e. The van der Waals surface area contributed by atoms with E-state index in [4.69, 9.17) is 11.6 Å². The fraction of sp³-hybridized carbons (Fsp3) is 0.600. The van der Waals surface area contributed by atoms with Crippen molar-refractivity contribution >= 4 is 11.6 Å². The summed E-state index contributed by atoms with van der Waals surface area (Å²) in [6, 6.07) is 5.69. The van der Waals surface area contributed by atoms with E-state index in [2.05, 4.69) is 12.2 Å². The Bertz CT molecular complexity index is 438. The maximum absolute atomic E-state index is 14.1. The zero-order valence-electron chi connectivity index (χ0n) is 10.7. The fourth-order valence-electron chi connectivity index (χ4n) is 3.11. The van der Waals surface area contributed by atoms with Crippen molar-refractivity contribution in [3.05, 3.63) is 34.6 Å². The summed E-state index contributed by atoms with van der Waals surface area (Å²) in [5.74, 6) is 0.425. The number of hydrogen-bond acceptors (Lipinski definition) is 1. The molecule has 0 spiro atoms. The van der Waals surface area contributed by atoms with E-state index >= 15 is 0 Å². The molecule has 0 heterocycles. The molecule has 18 heavy (non-hydrogen) atoms. The van der Waals surface area contributed by atoms with Gasteiger partial charge >= 0.3 is 0 Å². The van der Waals surface area contributed by atoms with E-state index in [1.54, 1.807) is 6.07 Å². The molecule has 0 saturated heterocycles. The standard InChI is InChI=1S/C15H19ClFN/c1-2-10-8-15(10,9-18-11-6-7-11)14-12(16)4-3-5-13(14)17/h3-5,10-11,18H,2,6-9H2,1H3. The first-order valence-electron chi connectivity index (χ1n) is 6.85. The molecular weight excluding hydrogens is 249 g/mol. The average molecular weight is 268 g/mol. The van der Waals surface area contributed by atoms with Gasteiger partial charge in [-0.2, -0.15) is 0 Å². The van der Waals surface area contributed by atoms with Crippen LogP contribution in [0.4, 0.5) is 4.39 Å².